The monoisotopic (exact) mass is 241 g/mol. The molecular weight excluding hydrogens is 222 g/mol. The largest absolute Gasteiger partial charge is 0.377 e. The van der Waals surface area contributed by atoms with Crippen LogP contribution in [-0.2, 0) is 11.3 Å². The molecule has 16 heavy (non-hydrogen) atoms. The molecule has 1 aromatic carbocycles. The van der Waals surface area contributed by atoms with E-state index in [9.17, 15) is 0 Å². The van der Waals surface area contributed by atoms with Crippen LogP contribution in [0.5, 0.6) is 0 Å². The van der Waals surface area contributed by atoms with Gasteiger partial charge in [0.1, 0.15) is 0 Å². The molecule has 1 N–H and O–H groups in total. The molecule has 0 spiro atoms. The molecular formula is C13H20ClNO. The third-order valence-electron chi connectivity index (χ3n) is 2.28. The minimum atomic E-state index is 0.605. The molecule has 0 saturated heterocycles. The van der Waals surface area contributed by atoms with Gasteiger partial charge in [0, 0.05) is 11.6 Å². The van der Waals surface area contributed by atoms with E-state index in [0.717, 1.165) is 36.7 Å². The summed E-state index contributed by atoms with van der Waals surface area (Å²) in [4.78, 5) is 0. The smallest absolute Gasteiger partial charge is 0.0731 e. The molecule has 0 aliphatic heterocycles. The van der Waals surface area contributed by atoms with Gasteiger partial charge in [0.2, 0.25) is 0 Å². The third-order valence-corrected chi connectivity index (χ3v) is 2.65. The highest BCUT2D eigenvalue weighted by atomic mass is 35.5. The summed E-state index contributed by atoms with van der Waals surface area (Å²) >= 11 is 6.01. The highest BCUT2D eigenvalue weighted by molar-refractivity contribution is 6.31. The highest BCUT2D eigenvalue weighted by Crippen LogP contribution is 2.15. The van der Waals surface area contributed by atoms with E-state index in [4.69, 9.17) is 16.3 Å². The van der Waals surface area contributed by atoms with Gasteiger partial charge in [-0.05, 0) is 37.6 Å². The first kappa shape index (κ1) is 13.5. The van der Waals surface area contributed by atoms with E-state index < -0.39 is 0 Å². The summed E-state index contributed by atoms with van der Waals surface area (Å²) in [5, 5.41) is 4.12. The van der Waals surface area contributed by atoms with Crippen molar-refractivity contribution in [2.75, 3.05) is 19.7 Å². The molecule has 3 heteroatoms. The fraction of sp³-hybridized carbons (Fsp3) is 0.538. The second-order valence-electron chi connectivity index (χ2n) is 3.75. The van der Waals surface area contributed by atoms with Gasteiger partial charge in [0.15, 0.2) is 0 Å². The summed E-state index contributed by atoms with van der Waals surface area (Å²) in [5.41, 5.74) is 1.06. The first-order valence-electron chi connectivity index (χ1n) is 5.86. The van der Waals surface area contributed by atoms with Gasteiger partial charge < -0.3 is 10.1 Å². The maximum absolute atomic E-state index is 6.01. The molecule has 0 fully saturated rings. The average Bonchev–Trinajstić information content (AvgIpc) is 2.30. The fourth-order valence-electron chi connectivity index (χ4n) is 1.40. The van der Waals surface area contributed by atoms with Crippen molar-refractivity contribution >= 4 is 11.6 Å². The van der Waals surface area contributed by atoms with Crippen LogP contribution < -0.4 is 5.32 Å². The zero-order chi connectivity index (χ0) is 11.6. The number of benzene rings is 1. The van der Waals surface area contributed by atoms with Crippen molar-refractivity contribution < 1.29 is 4.74 Å². The van der Waals surface area contributed by atoms with Crippen LogP contribution in [0.15, 0.2) is 24.3 Å². The van der Waals surface area contributed by atoms with Gasteiger partial charge in [-0.25, -0.2) is 0 Å². The quantitative estimate of drug-likeness (QED) is 0.706. The van der Waals surface area contributed by atoms with Crippen molar-refractivity contribution in [3.05, 3.63) is 34.9 Å². The lowest BCUT2D eigenvalue weighted by Gasteiger charge is -2.06. The maximum Gasteiger partial charge on any atom is 0.0731 e. The Labute approximate surface area is 103 Å². The topological polar surface area (TPSA) is 21.3 Å². The van der Waals surface area contributed by atoms with Gasteiger partial charge >= 0.3 is 0 Å². The minimum Gasteiger partial charge on any atom is -0.377 e. The number of ether oxygens (including phenoxy) is 1. The van der Waals surface area contributed by atoms with Crippen molar-refractivity contribution in [2.24, 2.45) is 0 Å². The lowest BCUT2D eigenvalue weighted by Crippen LogP contribution is -2.17. The van der Waals surface area contributed by atoms with E-state index in [1.165, 1.54) is 6.42 Å². The summed E-state index contributed by atoms with van der Waals surface area (Å²) in [7, 11) is 0. The lowest BCUT2D eigenvalue weighted by molar-refractivity contribution is 0.118. The van der Waals surface area contributed by atoms with Gasteiger partial charge in [0.25, 0.3) is 0 Å². The van der Waals surface area contributed by atoms with E-state index in [1.807, 2.05) is 24.3 Å². The Bertz CT molecular complexity index is 291. The van der Waals surface area contributed by atoms with Gasteiger partial charge in [-0.15, -0.1) is 0 Å². The fourth-order valence-corrected chi connectivity index (χ4v) is 1.59. The van der Waals surface area contributed by atoms with Crippen molar-refractivity contribution in [1.29, 1.82) is 0 Å². The molecule has 0 heterocycles. The summed E-state index contributed by atoms with van der Waals surface area (Å²) in [6.45, 7) is 5.66. The van der Waals surface area contributed by atoms with Crippen LogP contribution in [0.2, 0.25) is 5.02 Å². The molecule has 0 aromatic heterocycles. The van der Waals surface area contributed by atoms with Crippen molar-refractivity contribution in [1.82, 2.24) is 5.32 Å². The number of rotatable bonds is 8. The lowest BCUT2D eigenvalue weighted by atomic mass is 10.2. The Morgan fingerprint density at radius 1 is 1.25 bits per heavy atom. The molecule has 0 amide bonds. The minimum absolute atomic E-state index is 0.605. The summed E-state index contributed by atoms with van der Waals surface area (Å²) in [6, 6.07) is 7.80. The van der Waals surface area contributed by atoms with Crippen molar-refractivity contribution in [3.8, 4) is 0 Å². The van der Waals surface area contributed by atoms with E-state index in [1.54, 1.807) is 0 Å². The van der Waals surface area contributed by atoms with E-state index in [2.05, 4.69) is 12.2 Å². The molecule has 2 nitrogen and oxygen atoms in total. The van der Waals surface area contributed by atoms with Crippen molar-refractivity contribution in [2.45, 2.75) is 26.4 Å². The number of nitrogens with one attached hydrogen (secondary N) is 1. The van der Waals surface area contributed by atoms with Crippen LogP contribution in [0.25, 0.3) is 0 Å². The molecule has 0 bridgehead atoms. The number of hydrogen-bond donors (Lipinski definition) is 1. The van der Waals surface area contributed by atoms with Gasteiger partial charge in [-0.3, -0.25) is 0 Å². The van der Waals surface area contributed by atoms with E-state index in [-0.39, 0.29) is 0 Å². The molecule has 0 radical (unpaired) electrons. The van der Waals surface area contributed by atoms with Crippen LogP contribution >= 0.6 is 11.6 Å². The molecule has 0 atom stereocenters. The summed E-state index contributed by atoms with van der Waals surface area (Å²) in [6.07, 6.45) is 2.23. The van der Waals surface area contributed by atoms with Crippen LogP contribution in [0.4, 0.5) is 0 Å². The summed E-state index contributed by atoms with van der Waals surface area (Å²) < 4.78 is 5.56. The third kappa shape index (κ3) is 5.50. The van der Waals surface area contributed by atoms with Gasteiger partial charge in [0.05, 0.1) is 6.61 Å². The normalized spacial score (nSPS) is 10.6. The molecule has 1 aromatic rings. The predicted molar refractivity (Wildman–Crippen MR) is 68.9 cm³/mol. The zero-order valence-corrected chi connectivity index (χ0v) is 10.6. The van der Waals surface area contributed by atoms with E-state index in [0.29, 0.717) is 6.61 Å². The number of hydrogen-bond acceptors (Lipinski definition) is 2. The van der Waals surface area contributed by atoms with Crippen LogP contribution in [0.3, 0.4) is 0 Å². The van der Waals surface area contributed by atoms with E-state index >= 15 is 0 Å². The molecule has 0 aliphatic carbocycles. The Morgan fingerprint density at radius 3 is 2.81 bits per heavy atom. The molecule has 1 rings (SSSR count). The van der Waals surface area contributed by atoms with Crippen LogP contribution in [-0.4, -0.2) is 19.7 Å². The van der Waals surface area contributed by atoms with Crippen molar-refractivity contribution in [3.63, 3.8) is 0 Å². The van der Waals surface area contributed by atoms with Crippen LogP contribution in [0, 0.1) is 0 Å². The SMILES string of the molecule is CCCNCCCOCc1ccccc1Cl. The maximum atomic E-state index is 6.01. The number of halogens is 1. The Morgan fingerprint density at radius 2 is 2.06 bits per heavy atom. The molecule has 90 valence electrons. The molecule has 0 unspecified atom stereocenters. The first-order chi connectivity index (χ1) is 7.84. The standard InChI is InChI=1S/C13H20ClNO/c1-2-8-15-9-5-10-16-11-12-6-3-4-7-13(12)14/h3-4,6-7,15H,2,5,8-11H2,1H3. The van der Waals surface area contributed by atoms with Gasteiger partial charge in [-0.2, -0.15) is 0 Å². The molecule has 0 aliphatic rings. The zero-order valence-electron chi connectivity index (χ0n) is 9.84. The predicted octanol–water partition coefficient (Wildman–Crippen LogP) is 3.25. The first-order valence-corrected chi connectivity index (χ1v) is 6.24. The Balaban J connectivity index is 2.05. The highest BCUT2D eigenvalue weighted by Gasteiger charge is 1.98. The van der Waals surface area contributed by atoms with Gasteiger partial charge in [-0.1, -0.05) is 36.7 Å². The second-order valence-corrected chi connectivity index (χ2v) is 4.15. The Hall–Kier alpha value is -0.570. The average molecular weight is 242 g/mol. The van der Waals surface area contributed by atoms with Crippen LogP contribution in [0.1, 0.15) is 25.3 Å². The second kappa shape index (κ2) is 8.57. The Kier molecular flexibility index (Phi) is 7.23. The molecule has 0 saturated carbocycles. The summed E-state index contributed by atoms with van der Waals surface area (Å²) in [5.74, 6) is 0.